The van der Waals surface area contributed by atoms with Gasteiger partial charge in [0.15, 0.2) is 0 Å². The molecule has 1 aromatic heterocycles. The zero-order chi connectivity index (χ0) is 20.9. The van der Waals surface area contributed by atoms with Gasteiger partial charge in [0.1, 0.15) is 0 Å². The first kappa shape index (κ1) is 20.6. The number of hydrogen-bond acceptors (Lipinski definition) is 3. The van der Waals surface area contributed by atoms with Crippen molar-refractivity contribution in [1.29, 1.82) is 0 Å². The van der Waals surface area contributed by atoms with Gasteiger partial charge in [0.25, 0.3) is 0 Å². The van der Waals surface area contributed by atoms with Gasteiger partial charge in [-0.2, -0.15) is 0 Å². The molecule has 4 nitrogen and oxygen atoms in total. The Labute approximate surface area is 184 Å². The lowest BCUT2D eigenvalue weighted by atomic mass is 10.1. The topological polar surface area (TPSA) is 34.3 Å². The minimum atomic E-state index is 0.687. The molecule has 0 saturated carbocycles. The summed E-state index contributed by atoms with van der Waals surface area (Å²) in [6.45, 7) is 9.08. The number of rotatable bonds is 8. The number of nitrogens with one attached hydrogen (secondary N) is 2. The van der Waals surface area contributed by atoms with Crippen molar-refractivity contribution in [3.63, 3.8) is 0 Å². The maximum Gasteiger partial charge on any atom is 0.0634 e. The Morgan fingerprint density at radius 2 is 1.80 bits per heavy atom. The number of H-pyrrole nitrogens is 1. The molecule has 1 aliphatic heterocycles. The molecule has 2 heterocycles. The number of fused-ring (bicyclic) bond motifs is 1. The average molecular weight is 421 g/mol. The summed E-state index contributed by atoms with van der Waals surface area (Å²) in [7, 11) is 0. The van der Waals surface area contributed by atoms with E-state index in [1.807, 2.05) is 24.4 Å². The molecule has 2 N–H and O–H groups in total. The van der Waals surface area contributed by atoms with Crippen LogP contribution in [0, 0.1) is 0 Å². The highest BCUT2D eigenvalue weighted by molar-refractivity contribution is 6.31. The Morgan fingerprint density at radius 3 is 2.53 bits per heavy atom. The number of halogens is 1. The van der Waals surface area contributed by atoms with Gasteiger partial charge in [-0.25, -0.2) is 0 Å². The zero-order valence-corrected chi connectivity index (χ0v) is 18.4. The minimum Gasteiger partial charge on any atom is -0.379 e. The fourth-order valence-corrected chi connectivity index (χ4v) is 4.07. The number of aromatic amines is 1. The van der Waals surface area contributed by atoms with Crippen LogP contribution in [0.15, 0.2) is 67.0 Å². The maximum atomic E-state index is 6.34. The molecule has 2 aromatic carbocycles. The van der Waals surface area contributed by atoms with Crippen molar-refractivity contribution in [3.05, 3.63) is 94.4 Å². The van der Waals surface area contributed by atoms with Crippen LogP contribution in [0.4, 0.5) is 5.69 Å². The molecule has 156 valence electrons. The number of nitrogens with zero attached hydrogens (tertiary/aromatic N) is 2. The lowest BCUT2D eigenvalue weighted by Crippen LogP contribution is -2.26. The zero-order valence-electron chi connectivity index (χ0n) is 17.7. The van der Waals surface area contributed by atoms with E-state index in [1.54, 1.807) is 0 Å². The van der Waals surface area contributed by atoms with E-state index < -0.39 is 0 Å². The molecular weight excluding hydrogens is 392 g/mol. The minimum absolute atomic E-state index is 0.687. The number of aromatic nitrogens is 1. The van der Waals surface area contributed by atoms with Gasteiger partial charge in [-0.15, -0.1) is 0 Å². The van der Waals surface area contributed by atoms with Crippen LogP contribution in [-0.2, 0) is 19.6 Å². The van der Waals surface area contributed by atoms with E-state index in [0.29, 0.717) is 6.54 Å². The molecule has 0 unspecified atom stereocenters. The molecule has 30 heavy (non-hydrogen) atoms. The van der Waals surface area contributed by atoms with Gasteiger partial charge < -0.3 is 15.2 Å². The van der Waals surface area contributed by atoms with Crippen LogP contribution in [0.1, 0.15) is 36.2 Å². The van der Waals surface area contributed by atoms with Crippen LogP contribution >= 0.6 is 11.6 Å². The second kappa shape index (κ2) is 9.41. The normalized spacial score (nSPS) is 13.3. The smallest absolute Gasteiger partial charge is 0.0634 e. The number of benzene rings is 2. The summed E-state index contributed by atoms with van der Waals surface area (Å²) >= 11 is 6.34. The van der Waals surface area contributed by atoms with Crippen molar-refractivity contribution in [3.8, 4) is 0 Å². The summed E-state index contributed by atoms with van der Waals surface area (Å²) in [5.74, 6) is 0. The molecule has 0 radical (unpaired) electrons. The molecule has 0 amide bonds. The molecule has 3 aromatic rings. The summed E-state index contributed by atoms with van der Waals surface area (Å²) in [4.78, 5) is 8.11. The summed E-state index contributed by atoms with van der Waals surface area (Å²) in [6.07, 6.45) is 4.21. The largest absolute Gasteiger partial charge is 0.379 e. The van der Waals surface area contributed by atoms with Crippen molar-refractivity contribution >= 4 is 23.0 Å². The number of anilines is 1. The van der Waals surface area contributed by atoms with E-state index >= 15 is 0 Å². The molecule has 0 saturated heterocycles. The Morgan fingerprint density at radius 1 is 1.03 bits per heavy atom. The Bertz CT molecular complexity index is 1000. The lowest BCUT2D eigenvalue weighted by Gasteiger charge is -2.28. The fraction of sp³-hybridized carbons (Fsp3) is 0.280. The molecule has 4 rings (SSSR count). The van der Waals surface area contributed by atoms with Crippen LogP contribution in [0.3, 0.4) is 0 Å². The molecule has 0 aliphatic carbocycles. The van der Waals surface area contributed by atoms with Crippen molar-refractivity contribution < 1.29 is 0 Å². The second-order valence-electron chi connectivity index (χ2n) is 7.61. The summed E-state index contributed by atoms with van der Waals surface area (Å²) in [6, 6.07) is 19.0. The first-order chi connectivity index (χ1) is 14.7. The Balaban J connectivity index is 1.52. The van der Waals surface area contributed by atoms with Crippen LogP contribution in [0.5, 0.6) is 0 Å². The molecule has 0 bridgehead atoms. The molecule has 5 heteroatoms. The highest BCUT2D eigenvalue weighted by Crippen LogP contribution is 2.29. The molecular formula is C25H29ClN4. The summed E-state index contributed by atoms with van der Waals surface area (Å²) in [5.41, 5.74) is 7.17. The fourth-order valence-electron chi connectivity index (χ4n) is 3.87. The first-order valence-corrected chi connectivity index (χ1v) is 11.0. The van der Waals surface area contributed by atoms with Gasteiger partial charge in [-0.1, -0.05) is 55.8 Å². The highest BCUT2D eigenvalue weighted by atomic mass is 35.5. The van der Waals surface area contributed by atoms with Crippen LogP contribution < -0.4 is 10.2 Å². The van der Waals surface area contributed by atoms with Gasteiger partial charge in [0, 0.05) is 47.5 Å². The van der Waals surface area contributed by atoms with Gasteiger partial charge in [-0.3, -0.25) is 4.90 Å². The predicted octanol–water partition coefficient (Wildman–Crippen LogP) is 5.62. The molecule has 0 spiro atoms. The van der Waals surface area contributed by atoms with Crippen LogP contribution in [-0.4, -0.2) is 23.0 Å². The van der Waals surface area contributed by atoms with Gasteiger partial charge in [0.05, 0.1) is 12.2 Å². The van der Waals surface area contributed by atoms with E-state index in [1.165, 1.54) is 22.5 Å². The summed E-state index contributed by atoms with van der Waals surface area (Å²) < 4.78 is 0. The van der Waals surface area contributed by atoms with Gasteiger partial charge in [0.2, 0.25) is 0 Å². The third-order valence-corrected chi connectivity index (χ3v) is 6.10. The van der Waals surface area contributed by atoms with E-state index in [0.717, 1.165) is 42.5 Å². The maximum absolute atomic E-state index is 6.34. The monoisotopic (exact) mass is 420 g/mol. The van der Waals surface area contributed by atoms with E-state index in [4.69, 9.17) is 11.6 Å². The van der Waals surface area contributed by atoms with Crippen LogP contribution in [0.2, 0.25) is 5.02 Å². The standard InChI is InChI=1S/C25H29ClN4/c1-3-29(4-2)16-19-9-11-21(12-10-19)30-17-24-22(13-14-27-24)25(18-30)28-15-20-7-5-6-8-23(20)26/h5-14,18,27-28H,3-4,15-17H2,1-2H3. The molecule has 1 aliphatic rings. The molecule has 0 atom stereocenters. The van der Waals surface area contributed by atoms with Crippen molar-refractivity contribution in [2.45, 2.75) is 33.5 Å². The van der Waals surface area contributed by atoms with Crippen molar-refractivity contribution in [1.82, 2.24) is 15.2 Å². The van der Waals surface area contributed by atoms with E-state index in [9.17, 15) is 0 Å². The van der Waals surface area contributed by atoms with Gasteiger partial charge in [-0.05, 0) is 48.5 Å². The van der Waals surface area contributed by atoms with E-state index in [2.05, 4.69) is 76.5 Å². The van der Waals surface area contributed by atoms with Gasteiger partial charge >= 0.3 is 0 Å². The lowest BCUT2D eigenvalue weighted by molar-refractivity contribution is 0.296. The third kappa shape index (κ3) is 4.55. The first-order valence-electron chi connectivity index (χ1n) is 10.6. The average Bonchev–Trinajstić information content (AvgIpc) is 3.26. The highest BCUT2D eigenvalue weighted by Gasteiger charge is 2.19. The van der Waals surface area contributed by atoms with Crippen molar-refractivity contribution in [2.24, 2.45) is 0 Å². The van der Waals surface area contributed by atoms with Crippen molar-refractivity contribution in [2.75, 3.05) is 18.0 Å². The van der Waals surface area contributed by atoms with E-state index in [-0.39, 0.29) is 0 Å². The third-order valence-electron chi connectivity index (χ3n) is 5.73. The number of hydrogen-bond donors (Lipinski definition) is 2. The second-order valence-corrected chi connectivity index (χ2v) is 8.02. The quantitative estimate of drug-likeness (QED) is 0.496. The Hall–Kier alpha value is -2.69. The van der Waals surface area contributed by atoms with Crippen LogP contribution in [0.25, 0.3) is 5.70 Å². The SMILES string of the molecule is CCN(CC)Cc1ccc(N2C=C(NCc3ccccc3Cl)c3cc[nH]c3C2)cc1. The Kier molecular flexibility index (Phi) is 6.46. The predicted molar refractivity (Wildman–Crippen MR) is 126 cm³/mol. The summed E-state index contributed by atoms with van der Waals surface area (Å²) in [5, 5.41) is 4.37. The molecule has 0 fully saturated rings.